The third-order valence-corrected chi connectivity index (χ3v) is 2.84. The molecule has 0 aliphatic heterocycles. The standard InChI is InChI=1S/C14H15N3O3/c1-9(2)10-3-5-11(6-4-10)20-13-8-7-12(17(18)19)14(15)16-13/h3-9H,1-2H3,(H2,15,16). The van der Waals surface area contributed by atoms with Crippen molar-refractivity contribution in [3.63, 3.8) is 0 Å². The number of nitrogens with two attached hydrogens (primary N) is 1. The van der Waals surface area contributed by atoms with Gasteiger partial charge in [-0.25, -0.2) is 0 Å². The van der Waals surface area contributed by atoms with Gasteiger partial charge < -0.3 is 10.5 Å². The van der Waals surface area contributed by atoms with E-state index in [1.54, 1.807) is 0 Å². The lowest BCUT2D eigenvalue weighted by atomic mass is 10.0. The van der Waals surface area contributed by atoms with Crippen LogP contribution in [0.2, 0.25) is 0 Å². The zero-order valence-electron chi connectivity index (χ0n) is 11.2. The SMILES string of the molecule is CC(C)c1ccc(Oc2ccc([N+](=O)[O-])c(N)n2)cc1. The van der Waals surface area contributed by atoms with Crippen molar-refractivity contribution in [1.82, 2.24) is 4.98 Å². The maximum Gasteiger partial charge on any atom is 0.311 e. The zero-order chi connectivity index (χ0) is 14.7. The summed E-state index contributed by atoms with van der Waals surface area (Å²) in [6.07, 6.45) is 0. The van der Waals surface area contributed by atoms with Crippen molar-refractivity contribution in [2.75, 3.05) is 5.73 Å². The maximum absolute atomic E-state index is 10.6. The summed E-state index contributed by atoms with van der Waals surface area (Å²) in [5, 5.41) is 10.6. The van der Waals surface area contributed by atoms with E-state index in [-0.39, 0.29) is 17.4 Å². The number of pyridine rings is 1. The van der Waals surface area contributed by atoms with Gasteiger partial charge in [-0.2, -0.15) is 4.98 Å². The Morgan fingerprint density at radius 1 is 1.20 bits per heavy atom. The molecule has 104 valence electrons. The second kappa shape index (κ2) is 5.56. The molecule has 2 rings (SSSR count). The summed E-state index contributed by atoms with van der Waals surface area (Å²) in [6, 6.07) is 10.3. The predicted molar refractivity (Wildman–Crippen MR) is 75.9 cm³/mol. The summed E-state index contributed by atoms with van der Waals surface area (Å²) in [7, 11) is 0. The molecule has 0 saturated heterocycles. The van der Waals surface area contributed by atoms with Crippen molar-refractivity contribution in [2.24, 2.45) is 0 Å². The first-order valence-corrected chi connectivity index (χ1v) is 6.16. The smallest absolute Gasteiger partial charge is 0.311 e. The molecule has 2 aromatic rings. The Labute approximate surface area is 116 Å². The third-order valence-electron chi connectivity index (χ3n) is 2.84. The Kier molecular flexibility index (Phi) is 3.84. The summed E-state index contributed by atoms with van der Waals surface area (Å²) in [4.78, 5) is 13.9. The lowest BCUT2D eigenvalue weighted by Gasteiger charge is -2.08. The molecule has 0 fully saturated rings. The summed E-state index contributed by atoms with van der Waals surface area (Å²) in [6.45, 7) is 4.21. The average molecular weight is 273 g/mol. The van der Waals surface area contributed by atoms with Gasteiger partial charge in [0.15, 0.2) is 0 Å². The second-order valence-electron chi connectivity index (χ2n) is 4.64. The molecule has 0 atom stereocenters. The second-order valence-corrected chi connectivity index (χ2v) is 4.64. The van der Waals surface area contributed by atoms with E-state index in [2.05, 4.69) is 18.8 Å². The van der Waals surface area contributed by atoms with E-state index in [4.69, 9.17) is 10.5 Å². The number of benzene rings is 1. The summed E-state index contributed by atoms with van der Waals surface area (Å²) in [5.74, 6) is 1.11. The van der Waals surface area contributed by atoms with E-state index >= 15 is 0 Å². The largest absolute Gasteiger partial charge is 0.439 e. The highest BCUT2D eigenvalue weighted by molar-refractivity contribution is 5.53. The first-order chi connectivity index (χ1) is 9.47. The van der Waals surface area contributed by atoms with Gasteiger partial charge in [0.25, 0.3) is 0 Å². The highest BCUT2D eigenvalue weighted by Gasteiger charge is 2.13. The summed E-state index contributed by atoms with van der Waals surface area (Å²) in [5.41, 5.74) is 6.48. The molecule has 20 heavy (non-hydrogen) atoms. The van der Waals surface area contributed by atoms with E-state index in [0.717, 1.165) is 0 Å². The molecule has 1 aromatic heterocycles. The number of rotatable bonds is 4. The Morgan fingerprint density at radius 2 is 1.85 bits per heavy atom. The highest BCUT2D eigenvalue weighted by atomic mass is 16.6. The molecule has 0 radical (unpaired) electrons. The van der Waals surface area contributed by atoms with E-state index < -0.39 is 4.92 Å². The quantitative estimate of drug-likeness (QED) is 0.680. The molecule has 0 aliphatic carbocycles. The number of nitro groups is 1. The molecule has 0 spiro atoms. The van der Waals surface area contributed by atoms with Crippen molar-refractivity contribution >= 4 is 11.5 Å². The molecule has 0 saturated carbocycles. The van der Waals surface area contributed by atoms with Crippen molar-refractivity contribution < 1.29 is 9.66 Å². The van der Waals surface area contributed by atoms with E-state index in [9.17, 15) is 10.1 Å². The normalized spacial score (nSPS) is 10.6. The van der Waals surface area contributed by atoms with E-state index in [0.29, 0.717) is 11.7 Å². The Hall–Kier alpha value is -2.63. The fraction of sp³-hybridized carbons (Fsp3) is 0.214. The number of anilines is 1. The number of hydrogen-bond donors (Lipinski definition) is 1. The van der Waals surface area contributed by atoms with Gasteiger partial charge in [-0.1, -0.05) is 26.0 Å². The molecule has 1 heterocycles. The van der Waals surface area contributed by atoms with Crippen LogP contribution in [0.5, 0.6) is 11.6 Å². The van der Waals surface area contributed by atoms with Crippen LogP contribution in [0.3, 0.4) is 0 Å². The molecule has 0 amide bonds. The number of ether oxygens (including phenoxy) is 1. The van der Waals surface area contributed by atoms with Crippen molar-refractivity contribution in [3.05, 3.63) is 52.1 Å². The van der Waals surface area contributed by atoms with Crippen LogP contribution in [0.4, 0.5) is 11.5 Å². The van der Waals surface area contributed by atoms with Crippen LogP contribution in [-0.4, -0.2) is 9.91 Å². The predicted octanol–water partition coefficient (Wildman–Crippen LogP) is 3.49. The molecular formula is C14H15N3O3. The molecular weight excluding hydrogens is 258 g/mol. The van der Waals surface area contributed by atoms with Crippen LogP contribution < -0.4 is 10.5 Å². The number of nitrogens with zero attached hydrogens (tertiary/aromatic N) is 2. The van der Waals surface area contributed by atoms with E-state index in [1.165, 1.54) is 17.7 Å². The number of nitrogen functional groups attached to an aromatic ring is 1. The van der Waals surface area contributed by atoms with Crippen molar-refractivity contribution in [1.29, 1.82) is 0 Å². The van der Waals surface area contributed by atoms with Crippen LogP contribution in [-0.2, 0) is 0 Å². The molecule has 0 aliphatic rings. The molecule has 2 N–H and O–H groups in total. The van der Waals surface area contributed by atoms with Crippen molar-refractivity contribution in [2.45, 2.75) is 19.8 Å². The molecule has 6 nitrogen and oxygen atoms in total. The minimum Gasteiger partial charge on any atom is -0.439 e. The minimum atomic E-state index is -0.580. The Bertz CT molecular complexity index is 624. The lowest BCUT2D eigenvalue weighted by molar-refractivity contribution is -0.384. The van der Waals surface area contributed by atoms with Gasteiger partial charge in [0.1, 0.15) is 5.75 Å². The fourth-order valence-electron chi connectivity index (χ4n) is 1.70. The van der Waals surface area contributed by atoms with Crippen molar-refractivity contribution in [3.8, 4) is 11.6 Å². The first kappa shape index (κ1) is 13.8. The number of aromatic nitrogens is 1. The lowest BCUT2D eigenvalue weighted by Crippen LogP contribution is -1.99. The van der Waals surface area contributed by atoms with Gasteiger partial charge in [0.2, 0.25) is 11.7 Å². The average Bonchev–Trinajstić information content (AvgIpc) is 2.39. The van der Waals surface area contributed by atoms with Gasteiger partial charge in [-0.15, -0.1) is 0 Å². The third kappa shape index (κ3) is 3.03. The van der Waals surface area contributed by atoms with Crippen LogP contribution in [0.15, 0.2) is 36.4 Å². The van der Waals surface area contributed by atoms with Gasteiger partial charge in [-0.05, 0) is 23.6 Å². The maximum atomic E-state index is 10.6. The van der Waals surface area contributed by atoms with Crippen LogP contribution in [0.1, 0.15) is 25.3 Å². The summed E-state index contributed by atoms with van der Waals surface area (Å²) >= 11 is 0. The van der Waals surface area contributed by atoms with E-state index in [1.807, 2.05) is 24.3 Å². The molecule has 1 aromatic carbocycles. The fourth-order valence-corrected chi connectivity index (χ4v) is 1.70. The first-order valence-electron chi connectivity index (χ1n) is 6.16. The van der Waals surface area contributed by atoms with Gasteiger partial charge >= 0.3 is 5.69 Å². The van der Waals surface area contributed by atoms with Crippen LogP contribution in [0.25, 0.3) is 0 Å². The van der Waals surface area contributed by atoms with Gasteiger partial charge in [-0.3, -0.25) is 10.1 Å². The van der Waals surface area contributed by atoms with Crippen LogP contribution >= 0.6 is 0 Å². The molecule has 0 unspecified atom stereocenters. The summed E-state index contributed by atoms with van der Waals surface area (Å²) < 4.78 is 5.51. The topological polar surface area (TPSA) is 91.3 Å². The van der Waals surface area contributed by atoms with Gasteiger partial charge in [0, 0.05) is 12.1 Å². The molecule has 0 bridgehead atoms. The zero-order valence-corrected chi connectivity index (χ0v) is 11.2. The Balaban J connectivity index is 2.17. The monoisotopic (exact) mass is 273 g/mol. The number of hydrogen-bond acceptors (Lipinski definition) is 5. The van der Waals surface area contributed by atoms with Gasteiger partial charge in [0.05, 0.1) is 4.92 Å². The Morgan fingerprint density at radius 3 is 2.35 bits per heavy atom. The minimum absolute atomic E-state index is 0.161. The molecule has 6 heteroatoms. The van der Waals surface area contributed by atoms with Crippen LogP contribution in [0, 0.1) is 10.1 Å². The highest BCUT2D eigenvalue weighted by Crippen LogP contribution is 2.26.